The largest absolute Gasteiger partial charge is 0.508 e. The zero-order chi connectivity index (χ0) is 36.7. The summed E-state index contributed by atoms with van der Waals surface area (Å²) in [4.78, 5) is 76.7. The van der Waals surface area contributed by atoms with Crippen molar-refractivity contribution in [1.82, 2.24) is 25.8 Å². The van der Waals surface area contributed by atoms with Gasteiger partial charge in [0.15, 0.2) is 5.96 Å². The fourth-order valence-corrected chi connectivity index (χ4v) is 6.59. The maximum atomic E-state index is 14.3. The molecule has 5 rings (SSSR count). The minimum Gasteiger partial charge on any atom is -0.508 e. The van der Waals surface area contributed by atoms with E-state index in [1.165, 1.54) is 29.0 Å². The maximum absolute atomic E-state index is 14.3. The first-order valence-electron chi connectivity index (χ1n) is 17.2. The highest BCUT2D eigenvalue weighted by Gasteiger charge is 2.41. The standard InChI is InChI=1S/C37H46N8O6/c1-22-32(47)43-30(21-24-11-14-25-7-3-4-8-26(25)19-24)36(51)45-18-6-10-31(45)34(49)42-29(20-23-12-15-27(46)16-13-23)33(48)41-28(35(50)44(22)2)9-5-17-40-37(38)39/h3-4,7-8,11-16,19,22,28-31,46H,5-6,9-10,17-18,20-21H2,1-2H3,(H,41,48)(H,42,49)(H,43,47)(H4,38,39,40)/t22-,28-,29+,30-,31-/m0/s1. The van der Waals surface area contributed by atoms with Crippen LogP contribution in [0.25, 0.3) is 10.8 Å². The number of nitrogens with two attached hydrogens (primary N) is 2. The molecule has 14 heteroatoms. The van der Waals surface area contributed by atoms with Gasteiger partial charge in [-0.1, -0.05) is 54.6 Å². The van der Waals surface area contributed by atoms with Gasteiger partial charge in [0.25, 0.3) is 0 Å². The van der Waals surface area contributed by atoms with Crippen LogP contribution >= 0.6 is 0 Å². The number of hydrogen-bond acceptors (Lipinski definition) is 7. The van der Waals surface area contributed by atoms with E-state index < -0.39 is 59.7 Å². The molecule has 0 radical (unpaired) electrons. The highest BCUT2D eigenvalue weighted by atomic mass is 16.3. The highest BCUT2D eigenvalue weighted by Crippen LogP contribution is 2.23. The molecule has 51 heavy (non-hydrogen) atoms. The van der Waals surface area contributed by atoms with Crippen molar-refractivity contribution in [3.63, 3.8) is 0 Å². The number of phenolic OH excluding ortho intramolecular Hbond substituents is 1. The van der Waals surface area contributed by atoms with Gasteiger partial charge in [0, 0.05) is 33.0 Å². The van der Waals surface area contributed by atoms with Crippen molar-refractivity contribution < 1.29 is 29.1 Å². The normalized spacial score (nSPS) is 23.5. The topological polar surface area (TPSA) is 213 Å². The van der Waals surface area contributed by atoms with E-state index in [9.17, 15) is 29.1 Å². The second-order valence-electron chi connectivity index (χ2n) is 13.2. The Bertz CT molecular complexity index is 1790. The van der Waals surface area contributed by atoms with Crippen LogP contribution in [0.2, 0.25) is 0 Å². The first kappa shape index (κ1) is 36.6. The van der Waals surface area contributed by atoms with Gasteiger partial charge in [0.05, 0.1) is 0 Å². The van der Waals surface area contributed by atoms with Crippen LogP contribution in [0, 0.1) is 0 Å². The zero-order valence-corrected chi connectivity index (χ0v) is 28.9. The molecule has 5 atom stereocenters. The number of carbonyl (C=O) groups is 5. The number of nitrogens with one attached hydrogen (secondary N) is 3. The molecule has 0 spiro atoms. The third-order valence-corrected chi connectivity index (χ3v) is 9.58. The van der Waals surface area contributed by atoms with Crippen molar-refractivity contribution in [3.8, 4) is 5.75 Å². The van der Waals surface area contributed by atoms with Gasteiger partial charge < -0.3 is 42.3 Å². The van der Waals surface area contributed by atoms with Gasteiger partial charge in [-0.25, -0.2) is 0 Å². The Morgan fingerprint density at radius 1 is 0.804 bits per heavy atom. The van der Waals surface area contributed by atoms with E-state index in [0.717, 1.165) is 16.3 Å². The SMILES string of the molecule is C[C@H]1C(=O)N[C@@H](Cc2ccc3ccccc3c2)C(=O)N2CCC[C@H]2C(=O)N[C@H](Cc2ccc(O)cc2)C(=O)N[C@@H](CCCN=C(N)N)C(=O)N1C. The number of aromatic hydroxyl groups is 1. The van der Waals surface area contributed by atoms with Crippen molar-refractivity contribution in [3.05, 3.63) is 77.9 Å². The third-order valence-electron chi connectivity index (χ3n) is 9.58. The molecule has 2 aliphatic heterocycles. The number of aliphatic imine (C=N–C) groups is 1. The minimum absolute atomic E-state index is 0.0411. The average Bonchev–Trinajstić information content (AvgIpc) is 3.61. The van der Waals surface area contributed by atoms with Gasteiger partial charge in [-0.15, -0.1) is 0 Å². The Morgan fingerprint density at radius 3 is 2.18 bits per heavy atom. The quantitative estimate of drug-likeness (QED) is 0.112. The molecule has 2 saturated heterocycles. The summed E-state index contributed by atoms with van der Waals surface area (Å²) in [5, 5.41) is 20.4. The Kier molecular flexibility index (Phi) is 11.7. The molecule has 3 aromatic rings. The lowest BCUT2D eigenvalue weighted by Gasteiger charge is -2.31. The van der Waals surface area contributed by atoms with E-state index in [0.29, 0.717) is 31.4 Å². The van der Waals surface area contributed by atoms with Gasteiger partial charge in [0.1, 0.15) is 36.0 Å². The van der Waals surface area contributed by atoms with Crippen molar-refractivity contribution in [2.24, 2.45) is 16.5 Å². The fraction of sp³-hybridized carbons (Fsp3) is 0.405. The summed E-state index contributed by atoms with van der Waals surface area (Å²) < 4.78 is 0. The number of fused-ring (bicyclic) bond motifs is 2. The molecular formula is C37H46N8O6. The number of benzene rings is 3. The highest BCUT2D eigenvalue weighted by molar-refractivity contribution is 5.98. The molecule has 5 amide bonds. The van der Waals surface area contributed by atoms with E-state index >= 15 is 0 Å². The first-order valence-corrected chi connectivity index (χ1v) is 17.2. The second-order valence-corrected chi connectivity index (χ2v) is 13.2. The second kappa shape index (κ2) is 16.4. The molecule has 2 heterocycles. The molecule has 8 N–H and O–H groups in total. The molecule has 2 fully saturated rings. The lowest BCUT2D eigenvalue weighted by atomic mass is 10.00. The third kappa shape index (κ3) is 9.12. The van der Waals surface area contributed by atoms with Crippen LogP contribution in [0.3, 0.4) is 0 Å². The van der Waals surface area contributed by atoms with E-state index in [1.54, 1.807) is 19.1 Å². The smallest absolute Gasteiger partial charge is 0.246 e. The van der Waals surface area contributed by atoms with Gasteiger partial charge in [0.2, 0.25) is 29.5 Å². The Hall–Kier alpha value is -5.66. The lowest BCUT2D eigenvalue weighted by molar-refractivity contribution is -0.143. The van der Waals surface area contributed by atoms with E-state index in [2.05, 4.69) is 20.9 Å². The van der Waals surface area contributed by atoms with Crippen molar-refractivity contribution in [1.29, 1.82) is 0 Å². The summed E-state index contributed by atoms with van der Waals surface area (Å²) in [7, 11) is 1.46. The minimum atomic E-state index is -1.13. The number of nitrogens with zero attached hydrogens (tertiary/aromatic N) is 3. The summed E-state index contributed by atoms with van der Waals surface area (Å²) in [6.07, 6.45) is 1.59. The van der Waals surface area contributed by atoms with E-state index in [-0.39, 0.29) is 37.5 Å². The van der Waals surface area contributed by atoms with E-state index in [4.69, 9.17) is 11.5 Å². The van der Waals surface area contributed by atoms with Gasteiger partial charge in [-0.05, 0) is 66.6 Å². The molecule has 2 aliphatic rings. The molecule has 0 aromatic heterocycles. The average molecular weight is 699 g/mol. The van der Waals surface area contributed by atoms with Crippen LogP contribution in [0.4, 0.5) is 0 Å². The molecule has 0 bridgehead atoms. The predicted molar refractivity (Wildman–Crippen MR) is 192 cm³/mol. The predicted octanol–water partition coefficient (Wildman–Crippen LogP) is 0.690. The van der Waals surface area contributed by atoms with E-state index in [1.807, 2.05) is 42.5 Å². The monoisotopic (exact) mass is 698 g/mol. The zero-order valence-electron chi connectivity index (χ0n) is 28.9. The number of guanidine groups is 1. The summed E-state index contributed by atoms with van der Waals surface area (Å²) in [5.41, 5.74) is 12.4. The molecule has 0 aliphatic carbocycles. The number of phenols is 1. The number of hydrogen-bond donors (Lipinski definition) is 6. The number of carbonyl (C=O) groups excluding carboxylic acids is 5. The van der Waals surface area contributed by atoms with Crippen LogP contribution < -0.4 is 27.4 Å². The van der Waals surface area contributed by atoms with Crippen LogP contribution in [0.1, 0.15) is 43.7 Å². The Labute approximate surface area is 296 Å². The number of rotatable bonds is 8. The van der Waals surface area contributed by atoms with Gasteiger partial charge in [-0.3, -0.25) is 29.0 Å². The maximum Gasteiger partial charge on any atom is 0.246 e. The van der Waals surface area contributed by atoms with Crippen molar-refractivity contribution in [2.75, 3.05) is 20.1 Å². The number of likely N-dealkylation sites (N-methyl/N-ethyl adjacent to an activating group) is 1. The molecule has 0 saturated carbocycles. The summed E-state index contributed by atoms with van der Waals surface area (Å²) in [6, 6.07) is 14.7. The summed E-state index contributed by atoms with van der Waals surface area (Å²) in [5.74, 6) is -2.75. The molecule has 0 unspecified atom stereocenters. The summed E-state index contributed by atoms with van der Waals surface area (Å²) >= 11 is 0. The molecule has 14 nitrogen and oxygen atoms in total. The first-order chi connectivity index (χ1) is 24.4. The molecular weight excluding hydrogens is 652 g/mol. The van der Waals surface area contributed by atoms with Crippen LogP contribution in [0.15, 0.2) is 71.7 Å². The van der Waals surface area contributed by atoms with Crippen LogP contribution in [0.5, 0.6) is 5.75 Å². The lowest BCUT2D eigenvalue weighted by Crippen LogP contribution is -2.57. The van der Waals surface area contributed by atoms with Crippen LogP contribution in [-0.4, -0.2) is 101 Å². The van der Waals surface area contributed by atoms with Crippen LogP contribution in [-0.2, 0) is 36.8 Å². The Balaban J connectivity index is 1.50. The molecule has 3 aromatic carbocycles. The summed E-state index contributed by atoms with van der Waals surface area (Å²) in [6.45, 7) is 2.05. The number of amides is 5. The van der Waals surface area contributed by atoms with Crippen molar-refractivity contribution >= 4 is 46.3 Å². The van der Waals surface area contributed by atoms with Gasteiger partial charge in [-0.2, -0.15) is 0 Å². The fourth-order valence-electron chi connectivity index (χ4n) is 6.59. The Morgan fingerprint density at radius 2 is 1.45 bits per heavy atom. The molecule has 270 valence electrons. The van der Waals surface area contributed by atoms with Gasteiger partial charge >= 0.3 is 0 Å². The van der Waals surface area contributed by atoms with Crippen molar-refractivity contribution in [2.45, 2.75) is 75.7 Å².